The van der Waals surface area contributed by atoms with Gasteiger partial charge in [0, 0.05) is 17.1 Å². The molecule has 1 aliphatic heterocycles. The molecule has 1 saturated carbocycles. The first-order valence-electron chi connectivity index (χ1n) is 7.63. The van der Waals surface area contributed by atoms with Crippen LogP contribution >= 0.6 is 27.5 Å². The van der Waals surface area contributed by atoms with Gasteiger partial charge in [-0.25, -0.2) is 4.39 Å². The Bertz CT molecular complexity index is 490. The molecule has 2 fully saturated rings. The van der Waals surface area contributed by atoms with Crippen molar-refractivity contribution in [2.75, 3.05) is 11.9 Å². The van der Waals surface area contributed by atoms with Gasteiger partial charge in [-0.05, 0) is 53.7 Å². The lowest BCUT2D eigenvalue weighted by atomic mass is 9.78. The van der Waals surface area contributed by atoms with Gasteiger partial charge in [0.1, 0.15) is 5.82 Å². The van der Waals surface area contributed by atoms with Crippen molar-refractivity contribution in [2.24, 2.45) is 0 Å². The Kier molecular flexibility index (Phi) is 4.77. The zero-order valence-corrected chi connectivity index (χ0v) is 14.3. The second-order valence-corrected chi connectivity index (χ2v) is 7.43. The highest BCUT2D eigenvalue weighted by atomic mass is 79.9. The largest absolute Gasteiger partial charge is 0.380 e. The minimum Gasteiger partial charge on any atom is -0.380 e. The van der Waals surface area contributed by atoms with Crippen LogP contribution in [0, 0.1) is 5.82 Å². The fourth-order valence-corrected chi connectivity index (χ4v) is 4.50. The average Bonchev–Trinajstić information content (AvgIpc) is 2.44. The number of hydrogen-bond acceptors (Lipinski definition) is 2. The summed E-state index contributed by atoms with van der Waals surface area (Å²) in [6, 6.07) is 3.13. The summed E-state index contributed by atoms with van der Waals surface area (Å²) in [6.45, 7) is 0.786. The van der Waals surface area contributed by atoms with E-state index in [1.165, 1.54) is 31.4 Å². The number of hydrogen-bond donors (Lipinski definition) is 1. The highest BCUT2D eigenvalue weighted by Gasteiger charge is 2.38. The van der Waals surface area contributed by atoms with Crippen molar-refractivity contribution in [3.63, 3.8) is 0 Å². The summed E-state index contributed by atoms with van der Waals surface area (Å²) in [4.78, 5) is 0. The van der Waals surface area contributed by atoms with Gasteiger partial charge in [-0.2, -0.15) is 0 Å². The fourth-order valence-electron chi connectivity index (χ4n) is 3.58. The second kappa shape index (κ2) is 6.43. The summed E-state index contributed by atoms with van der Waals surface area (Å²) < 4.78 is 20.1. The van der Waals surface area contributed by atoms with Crippen molar-refractivity contribution >= 4 is 33.2 Å². The molecular weight excluding hydrogens is 357 g/mol. The highest BCUT2D eigenvalue weighted by molar-refractivity contribution is 9.10. The predicted molar refractivity (Wildman–Crippen MR) is 87.5 cm³/mol. The summed E-state index contributed by atoms with van der Waals surface area (Å²) in [5.41, 5.74) is 0.837. The first-order valence-corrected chi connectivity index (χ1v) is 8.80. The van der Waals surface area contributed by atoms with Gasteiger partial charge in [-0.15, -0.1) is 0 Å². The van der Waals surface area contributed by atoms with E-state index in [0.29, 0.717) is 15.5 Å². The third-order valence-corrected chi connectivity index (χ3v) is 5.54. The quantitative estimate of drug-likeness (QED) is 0.732. The molecule has 0 radical (unpaired) electrons. The molecule has 1 N–H and O–H groups in total. The van der Waals surface area contributed by atoms with Gasteiger partial charge in [-0.1, -0.05) is 30.9 Å². The molecule has 2 aliphatic rings. The molecule has 0 aromatic heterocycles. The number of anilines is 1. The topological polar surface area (TPSA) is 21.3 Å². The molecule has 3 rings (SSSR count). The van der Waals surface area contributed by atoms with Crippen molar-refractivity contribution < 1.29 is 9.13 Å². The third-order valence-electron chi connectivity index (χ3n) is 4.61. The van der Waals surface area contributed by atoms with E-state index in [-0.39, 0.29) is 11.4 Å². The van der Waals surface area contributed by atoms with Gasteiger partial charge in [0.15, 0.2) is 0 Å². The Balaban J connectivity index is 1.73. The van der Waals surface area contributed by atoms with Crippen molar-refractivity contribution in [3.8, 4) is 0 Å². The lowest BCUT2D eigenvalue weighted by molar-refractivity contribution is -0.103. The second-order valence-electron chi connectivity index (χ2n) is 6.17. The van der Waals surface area contributed by atoms with Gasteiger partial charge >= 0.3 is 0 Å². The first-order chi connectivity index (χ1) is 10.1. The van der Waals surface area contributed by atoms with Crippen molar-refractivity contribution in [2.45, 2.75) is 56.6 Å². The molecule has 21 heavy (non-hydrogen) atoms. The minimum absolute atomic E-state index is 0.0488. The monoisotopic (exact) mass is 375 g/mol. The van der Waals surface area contributed by atoms with Crippen LogP contribution in [0.2, 0.25) is 5.02 Å². The van der Waals surface area contributed by atoms with Crippen LogP contribution in [0.25, 0.3) is 0 Å². The third kappa shape index (κ3) is 3.54. The molecule has 5 heteroatoms. The van der Waals surface area contributed by atoms with Crippen LogP contribution in [0.4, 0.5) is 10.1 Å². The Hall–Kier alpha value is -0.320. The molecule has 1 aromatic rings. The normalized spacial score (nSPS) is 25.0. The van der Waals surface area contributed by atoms with Gasteiger partial charge in [0.2, 0.25) is 0 Å². The maximum atomic E-state index is 13.3. The van der Waals surface area contributed by atoms with Crippen LogP contribution in [-0.2, 0) is 4.74 Å². The Morgan fingerprint density at radius 2 is 2.05 bits per heavy atom. The van der Waals surface area contributed by atoms with E-state index in [2.05, 4.69) is 21.2 Å². The standard InChI is InChI=1S/C16H20BrClFNO/c17-13-8-11(19)9-14(18)15(13)20-12-4-7-21-16(10-12)5-2-1-3-6-16/h8-9,12,20H,1-7,10H2. The smallest absolute Gasteiger partial charge is 0.125 e. The minimum atomic E-state index is -0.326. The van der Waals surface area contributed by atoms with Crippen LogP contribution in [0.15, 0.2) is 16.6 Å². The Morgan fingerprint density at radius 3 is 2.76 bits per heavy atom. The first kappa shape index (κ1) is 15.6. The van der Waals surface area contributed by atoms with Crippen LogP contribution in [0.5, 0.6) is 0 Å². The molecule has 1 atom stereocenters. The van der Waals surface area contributed by atoms with E-state index >= 15 is 0 Å². The lowest BCUT2D eigenvalue weighted by Crippen LogP contribution is -2.45. The summed E-state index contributed by atoms with van der Waals surface area (Å²) in [6.07, 6.45) is 8.11. The molecule has 1 saturated heterocycles. The van der Waals surface area contributed by atoms with Gasteiger partial charge in [0.05, 0.1) is 16.3 Å². The number of ether oxygens (including phenoxy) is 1. The van der Waals surface area contributed by atoms with Gasteiger partial charge in [-0.3, -0.25) is 0 Å². The molecule has 116 valence electrons. The van der Waals surface area contributed by atoms with Crippen LogP contribution in [-0.4, -0.2) is 18.2 Å². The molecule has 2 nitrogen and oxygen atoms in total. The van der Waals surface area contributed by atoms with E-state index in [4.69, 9.17) is 16.3 Å². The number of halogens is 3. The van der Waals surface area contributed by atoms with E-state index in [1.807, 2.05) is 0 Å². The molecule has 1 aromatic carbocycles. The average molecular weight is 377 g/mol. The van der Waals surface area contributed by atoms with Gasteiger partial charge in [0.25, 0.3) is 0 Å². The molecule has 1 spiro atoms. The number of nitrogens with one attached hydrogen (secondary N) is 1. The SMILES string of the molecule is Fc1cc(Cl)c(NC2CCOC3(CCCCC3)C2)c(Br)c1. The van der Waals surface area contributed by atoms with E-state index in [1.54, 1.807) is 0 Å². The molecule has 0 bridgehead atoms. The van der Waals surface area contributed by atoms with Crippen LogP contribution < -0.4 is 5.32 Å². The lowest BCUT2D eigenvalue weighted by Gasteiger charge is -2.44. The number of rotatable bonds is 2. The number of benzene rings is 1. The Morgan fingerprint density at radius 1 is 1.29 bits per heavy atom. The zero-order valence-electron chi connectivity index (χ0n) is 11.9. The molecule has 1 aliphatic carbocycles. The Labute approximate surface area is 138 Å². The summed E-state index contributed by atoms with van der Waals surface area (Å²) >= 11 is 9.56. The van der Waals surface area contributed by atoms with Crippen molar-refractivity contribution in [3.05, 3.63) is 27.4 Å². The fraction of sp³-hybridized carbons (Fsp3) is 0.625. The maximum absolute atomic E-state index is 13.3. The predicted octanol–water partition coefficient (Wildman–Crippen LogP) is 5.54. The highest BCUT2D eigenvalue weighted by Crippen LogP contribution is 2.40. The molecule has 0 amide bonds. The van der Waals surface area contributed by atoms with Crippen LogP contribution in [0.1, 0.15) is 44.9 Å². The maximum Gasteiger partial charge on any atom is 0.125 e. The zero-order chi connectivity index (χ0) is 14.9. The molecule has 1 unspecified atom stereocenters. The van der Waals surface area contributed by atoms with E-state index in [0.717, 1.165) is 38.0 Å². The molecular formula is C16H20BrClFNO. The molecule has 1 heterocycles. The van der Waals surface area contributed by atoms with Crippen molar-refractivity contribution in [1.82, 2.24) is 0 Å². The van der Waals surface area contributed by atoms with Gasteiger partial charge < -0.3 is 10.1 Å². The summed E-state index contributed by atoms with van der Waals surface area (Å²) in [5, 5.41) is 3.91. The summed E-state index contributed by atoms with van der Waals surface area (Å²) in [7, 11) is 0. The van der Waals surface area contributed by atoms with Crippen molar-refractivity contribution in [1.29, 1.82) is 0 Å². The summed E-state index contributed by atoms with van der Waals surface area (Å²) in [5.74, 6) is -0.326. The van der Waals surface area contributed by atoms with E-state index < -0.39 is 0 Å². The van der Waals surface area contributed by atoms with Crippen LogP contribution in [0.3, 0.4) is 0 Å². The van der Waals surface area contributed by atoms with E-state index in [9.17, 15) is 4.39 Å².